The Balaban J connectivity index is 2.36. The summed E-state index contributed by atoms with van der Waals surface area (Å²) in [4.78, 5) is 25.2. The summed E-state index contributed by atoms with van der Waals surface area (Å²) in [6, 6.07) is 5.72. The first kappa shape index (κ1) is 23.0. The van der Waals surface area contributed by atoms with E-state index in [9.17, 15) is 14.7 Å². The number of ether oxygens (including phenoxy) is 3. The Morgan fingerprint density at radius 2 is 1.97 bits per heavy atom. The number of esters is 1. The van der Waals surface area contributed by atoms with Gasteiger partial charge >= 0.3 is 5.97 Å². The number of likely N-dealkylation sites (tertiary alicyclic amines) is 1. The number of carbonyl (C=O) groups is 2. The molecule has 1 N–H and O–H groups in total. The molecule has 1 aliphatic heterocycles. The molecule has 0 spiro atoms. The zero-order valence-corrected chi connectivity index (χ0v) is 18.4. The second kappa shape index (κ2) is 8.61. The third-order valence-corrected chi connectivity index (χ3v) is 5.44. The fourth-order valence-electron chi connectivity index (χ4n) is 3.69. The summed E-state index contributed by atoms with van der Waals surface area (Å²) in [5, 5.41) is 10.5. The molecule has 7 nitrogen and oxygen atoms in total. The van der Waals surface area contributed by atoms with Crippen LogP contribution in [0.1, 0.15) is 53.0 Å². The summed E-state index contributed by atoms with van der Waals surface area (Å²) in [6.07, 6.45) is -0.645. The molecule has 1 aromatic carbocycles. The molecule has 0 aliphatic carbocycles. The molecule has 2 rings (SSSR count). The first-order valence-corrected chi connectivity index (χ1v) is 9.83. The lowest BCUT2D eigenvalue weighted by Gasteiger charge is -2.34. The number of rotatable bonds is 6. The molecule has 1 amide bonds. The minimum atomic E-state index is -0.645. The van der Waals surface area contributed by atoms with Gasteiger partial charge in [-0.3, -0.25) is 9.59 Å². The molecule has 7 heteroatoms. The van der Waals surface area contributed by atoms with Crippen molar-refractivity contribution in [2.75, 3.05) is 26.8 Å². The highest BCUT2D eigenvalue weighted by Gasteiger charge is 2.48. The van der Waals surface area contributed by atoms with Crippen LogP contribution in [-0.2, 0) is 14.3 Å². The lowest BCUT2D eigenvalue weighted by atomic mass is 9.72. The third-order valence-electron chi connectivity index (χ3n) is 5.44. The number of aliphatic hydroxyl groups is 1. The van der Waals surface area contributed by atoms with Gasteiger partial charge in [0.15, 0.2) is 18.1 Å². The molecule has 1 aromatic rings. The molecule has 1 aliphatic rings. The average molecular weight is 408 g/mol. The second-order valence-corrected chi connectivity index (χ2v) is 8.91. The Morgan fingerprint density at radius 1 is 1.31 bits per heavy atom. The molecule has 0 bridgehead atoms. The first-order valence-electron chi connectivity index (χ1n) is 9.83. The van der Waals surface area contributed by atoms with Crippen molar-refractivity contribution in [2.24, 2.45) is 5.41 Å². The van der Waals surface area contributed by atoms with Crippen molar-refractivity contribution in [1.82, 2.24) is 4.90 Å². The van der Waals surface area contributed by atoms with Gasteiger partial charge in [-0.1, -0.05) is 13.0 Å². The van der Waals surface area contributed by atoms with E-state index in [0.717, 1.165) is 5.56 Å². The summed E-state index contributed by atoms with van der Waals surface area (Å²) in [7, 11) is 1.59. The highest BCUT2D eigenvalue weighted by Crippen LogP contribution is 2.47. The van der Waals surface area contributed by atoms with Crippen molar-refractivity contribution in [3.05, 3.63) is 23.8 Å². The Kier molecular flexibility index (Phi) is 6.83. The molecule has 3 atom stereocenters. The quantitative estimate of drug-likeness (QED) is 0.730. The number of benzene rings is 1. The van der Waals surface area contributed by atoms with E-state index in [0.29, 0.717) is 24.6 Å². The maximum absolute atomic E-state index is 12.5. The first-order chi connectivity index (χ1) is 13.4. The topological polar surface area (TPSA) is 85.3 Å². The summed E-state index contributed by atoms with van der Waals surface area (Å²) < 4.78 is 16.4. The molecule has 3 unspecified atom stereocenters. The SMILES string of the molecule is COc1ccc(C2CN(C(=O)COC(C)=O)CC2(C)C(C)O)cc1OC(C)(C)C. The molecular weight excluding hydrogens is 374 g/mol. The number of nitrogens with zero attached hydrogens (tertiary/aromatic N) is 1. The predicted octanol–water partition coefficient (Wildman–Crippen LogP) is 2.75. The van der Waals surface area contributed by atoms with Crippen molar-refractivity contribution in [3.63, 3.8) is 0 Å². The van der Waals surface area contributed by atoms with Crippen LogP contribution in [0.5, 0.6) is 11.5 Å². The maximum atomic E-state index is 12.5. The Bertz CT molecular complexity index is 754. The summed E-state index contributed by atoms with van der Waals surface area (Å²) in [5.41, 5.74) is -0.00283. The van der Waals surface area contributed by atoms with E-state index in [-0.39, 0.29) is 18.4 Å². The number of methoxy groups -OCH3 is 1. The van der Waals surface area contributed by atoms with Crippen LogP contribution in [0.2, 0.25) is 0 Å². The highest BCUT2D eigenvalue weighted by molar-refractivity contribution is 5.80. The van der Waals surface area contributed by atoms with Gasteiger partial charge in [-0.2, -0.15) is 0 Å². The van der Waals surface area contributed by atoms with Gasteiger partial charge in [0.1, 0.15) is 5.60 Å². The predicted molar refractivity (Wildman–Crippen MR) is 109 cm³/mol. The van der Waals surface area contributed by atoms with Gasteiger partial charge in [-0.05, 0) is 45.4 Å². The van der Waals surface area contributed by atoms with Gasteiger partial charge in [0, 0.05) is 31.3 Å². The van der Waals surface area contributed by atoms with E-state index in [1.54, 1.807) is 18.9 Å². The molecule has 0 radical (unpaired) electrons. The van der Waals surface area contributed by atoms with Crippen molar-refractivity contribution in [2.45, 2.75) is 59.2 Å². The molecule has 0 aromatic heterocycles. The van der Waals surface area contributed by atoms with E-state index >= 15 is 0 Å². The largest absolute Gasteiger partial charge is 0.493 e. The van der Waals surface area contributed by atoms with Crippen molar-refractivity contribution in [3.8, 4) is 11.5 Å². The lowest BCUT2D eigenvalue weighted by Crippen LogP contribution is -2.39. The molecular formula is C22H33NO6. The Morgan fingerprint density at radius 3 is 2.48 bits per heavy atom. The van der Waals surface area contributed by atoms with Gasteiger partial charge in [-0.15, -0.1) is 0 Å². The van der Waals surface area contributed by atoms with Crippen LogP contribution in [0.3, 0.4) is 0 Å². The Hall–Kier alpha value is -2.28. The number of amides is 1. The minimum absolute atomic E-state index is 0.114. The van der Waals surface area contributed by atoms with Crippen molar-refractivity contribution in [1.29, 1.82) is 0 Å². The van der Waals surface area contributed by atoms with E-state index < -0.39 is 23.1 Å². The normalized spacial score (nSPS) is 22.9. The van der Waals surface area contributed by atoms with Crippen LogP contribution in [0.15, 0.2) is 18.2 Å². The molecule has 0 saturated carbocycles. The summed E-state index contributed by atoms with van der Waals surface area (Å²) >= 11 is 0. The monoisotopic (exact) mass is 407 g/mol. The lowest BCUT2D eigenvalue weighted by molar-refractivity contribution is -0.150. The average Bonchev–Trinajstić information content (AvgIpc) is 2.97. The molecule has 1 fully saturated rings. The fraction of sp³-hybridized carbons (Fsp3) is 0.636. The van der Waals surface area contributed by atoms with Gasteiger partial charge in [0.2, 0.25) is 0 Å². The van der Waals surface area contributed by atoms with E-state index in [1.807, 2.05) is 45.9 Å². The summed E-state index contributed by atoms with van der Waals surface area (Å²) in [5.74, 6) is 0.371. The van der Waals surface area contributed by atoms with E-state index in [1.165, 1.54) is 6.92 Å². The van der Waals surface area contributed by atoms with Crippen molar-refractivity contribution < 1.29 is 28.9 Å². The fourth-order valence-corrected chi connectivity index (χ4v) is 3.69. The Labute approximate surface area is 172 Å². The minimum Gasteiger partial charge on any atom is -0.493 e. The third kappa shape index (κ3) is 5.41. The van der Waals surface area contributed by atoms with Crippen LogP contribution in [0.4, 0.5) is 0 Å². The molecule has 1 heterocycles. The van der Waals surface area contributed by atoms with Gasteiger partial charge in [0.25, 0.3) is 5.91 Å². The smallest absolute Gasteiger partial charge is 0.303 e. The van der Waals surface area contributed by atoms with Crippen LogP contribution < -0.4 is 9.47 Å². The van der Waals surface area contributed by atoms with Gasteiger partial charge in [-0.25, -0.2) is 0 Å². The molecule has 1 saturated heterocycles. The van der Waals surface area contributed by atoms with Gasteiger partial charge in [0.05, 0.1) is 13.2 Å². The van der Waals surface area contributed by atoms with Crippen LogP contribution >= 0.6 is 0 Å². The highest BCUT2D eigenvalue weighted by atomic mass is 16.5. The van der Waals surface area contributed by atoms with Crippen LogP contribution in [0, 0.1) is 5.41 Å². The zero-order chi connectivity index (χ0) is 22.0. The van der Waals surface area contributed by atoms with E-state index in [2.05, 4.69) is 0 Å². The number of hydrogen-bond donors (Lipinski definition) is 1. The number of carbonyl (C=O) groups excluding carboxylic acids is 2. The standard InChI is InChI=1S/C22H33NO6/c1-14(24)22(6)13-23(20(26)12-28-15(2)25)11-17(22)16-8-9-18(27-7)19(10-16)29-21(3,4)5/h8-10,14,17,24H,11-13H2,1-7H3. The van der Waals surface area contributed by atoms with E-state index in [4.69, 9.17) is 14.2 Å². The van der Waals surface area contributed by atoms with Gasteiger partial charge < -0.3 is 24.2 Å². The zero-order valence-electron chi connectivity index (χ0n) is 18.4. The van der Waals surface area contributed by atoms with Crippen molar-refractivity contribution >= 4 is 11.9 Å². The van der Waals surface area contributed by atoms with Crippen LogP contribution in [-0.4, -0.2) is 60.4 Å². The second-order valence-electron chi connectivity index (χ2n) is 8.91. The number of aliphatic hydroxyl groups excluding tert-OH is 1. The maximum Gasteiger partial charge on any atom is 0.303 e. The molecule has 29 heavy (non-hydrogen) atoms. The number of hydrogen-bond acceptors (Lipinski definition) is 6. The molecule has 162 valence electrons. The van der Waals surface area contributed by atoms with Crippen LogP contribution in [0.25, 0.3) is 0 Å². The summed E-state index contributed by atoms with van der Waals surface area (Å²) in [6.45, 7) is 11.4.